The van der Waals surface area contributed by atoms with Gasteiger partial charge in [0.05, 0.1) is 0 Å². The first-order valence-electron chi connectivity index (χ1n) is 20.7. The summed E-state index contributed by atoms with van der Waals surface area (Å²) in [7, 11) is 0. The molecule has 0 fully saturated rings. The molecule has 0 aliphatic heterocycles. The summed E-state index contributed by atoms with van der Waals surface area (Å²) in [6, 6.07) is 13.4. The highest BCUT2D eigenvalue weighted by molar-refractivity contribution is 5.59. The van der Waals surface area contributed by atoms with Crippen LogP contribution < -0.4 is 0 Å². The van der Waals surface area contributed by atoms with Crippen LogP contribution in [-0.4, -0.2) is 15.3 Å². The van der Waals surface area contributed by atoms with E-state index in [1.165, 1.54) is 50.1 Å². The van der Waals surface area contributed by atoms with E-state index < -0.39 is 0 Å². The minimum absolute atomic E-state index is 0.187. The van der Waals surface area contributed by atoms with Crippen LogP contribution >= 0.6 is 0 Å². The highest BCUT2D eigenvalue weighted by Gasteiger charge is 2.28. The van der Waals surface area contributed by atoms with Gasteiger partial charge in [-0.15, -0.1) is 0 Å². The Hall–Kier alpha value is -3.72. The van der Waals surface area contributed by atoms with Crippen molar-refractivity contribution in [1.29, 1.82) is 0 Å². The van der Waals surface area contributed by atoms with Gasteiger partial charge >= 0.3 is 0 Å². The number of aromatic hydroxyl groups is 3. The van der Waals surface area contributed by atoms with Gasteiger partial charge < -0.3 is 15.3 Å². The SMILES string of the molecule is CCCc1c(Cc2cc(C)c(O)c(C(C)(C)C)c2)c(CCC)c(Cc2cc(C)c(O)c(C(C)(C)C)c2)c(CCC)c1Cc1cc(C)c(O)c(C(C)(C)C)c1. The lowest BCUT2D eigenvalue weighted by Crippen LogP contribution is -2.17. The molecule has 0 atom stereocenters. The Morgan fingerprint density at radius 1 is 0.370 bits per heavy atom. The Morgan fingerprint density at radius 3 is 0.778 bits per heavy atom. The van der Waals surface area contributed by atoms with Gasteiger partial charge in [0, 0.05) is 0 Å². The second kappa shape index (κ2) is 16.6. The van der Waals surface area contributed by atoms with Crippen molar-refractivity contribution in [3.8, 4) is 17.2 Å². The van der Waals surface area contributed by atoms with E-state index in [1.807, 2.05) is 20.8 Å². The fraction of sp³-hybridized carbons (Fsp3) is 0.529. The summed E-state index contributed by atoms with van der Waals surface area (Å²) in [6.07, 6.45) is 8.57. The van der Waals surface area contributed by atoms with Gasteiger partial charge in [0.15, 0.2) is 0 Å². The largest absolute Gasteiger partial charge is 0.507 e. The molecule has 0 saturated carbocycles. The van der Waals surface area contributed by atoms with Crippen molar-refractivity contribution >= 4 is 0 Å². The van der Waals surface area contributed by atoms with Crippen LogP contribution in [0.5, 0.6) is 17.2 Å². The maximum Gasteiger partial charge on any atom is 0.122 e. The summed E-state index contributed by atoms with van der Waals surface area (Å²) >= 11 is 0. The molecular formula is C51H72O3. The smallest absolute Gasteiger partial charge is 0.122 e. The van der Waals surface area contributed by atoms with Gasteiger partial charge in [-0.3, -0.25) is 0 Å². The molecule has 0 saturated heterocycles. The molecule has 0 radical (unpaired) electrons. The van der Waals surface area contributed by atoms with Crippen molar-refractivity contribution in [2.75, 3.05) is 0 Å². The third-order valence-electron chi connectivity index (χ3n) is 11.3. The molecule has 0 aliphatic rings. The van der Waals surface area contributed by atoms with Gasteiger partial charge in [0.1, 0.15) is 17.2 Å². The van der Waals surface area contributed by atoms with Gasteiger partial charge in [-0.05, 0) is 159 Å². The number of benzene rings is 4. The third-order valence-corrected chi connectivity index (χ3v) is 11.3. The zero-order chi connectivity index (χ0) is 40.5. The van der Waals surface area contributed by atoms with E-state index in [0.717, 1.165) is 91.2 Å². The quantitative estimate of drug-likeness (QED) is 0.136. The maximum atomic E-state index is 11.2. The van der Waals surface area contributed by atoms with E-state index in [1.54, 1.807) is 0 Å². The molecule has 3 heteroatoms. The van der Waals surface area contributed by atoms with Gasteiger partial charge in [0.25, 0.3) is 0 Å². The molecule has 0 amide bonds. The number of aryl methyl sites for hydroxylation is 3. The molecular weight excluding hydrogens is 661 g/mol. The van der Waals surface area contributed by atoms with Gasteiger partial charge in [-0.2, -0.15) is 0 Å². The van der Waals surface area contributed by atoms with Crippen LogP contribution in [0.2, 0.25) is 0 Å². The van der Waals surface area contributed by atoms with Crippen LogP contribution in [0.3, 0.4) is 0 Å². The fourth-order valence-corrected chi connectivity index (χ4v) is 8.58. The molecule has 4 aromatic rings. The summed E-state index contributed by atoms with van der Waals surface area (Å²) < 4.78 is 0. The van der Waals surface area contributed by atoms with Crippen LogP contribution in [-0.2, 0) is 54.8 Å². The van der Waals surface area contributed by atoms with Gasteiger partial charge in [-0.25, -0.2) is 0 Å². The Bertz CT molecular complexity index is 1720. The summed E-state index contributed by atoms with van der Waals surface area (Å²) in [4.78, 5) is 0. The highest BCUT2D eigenvalue weighted by Crippen LogP contribution is 2.41. The van der Waals surface area contributed by atoms with Gasteiger partial charge in [-0.1, -0.05) is 139 Å². The molecule has 0 unspecified atom stereocenters. The number of hydrogen-bond acceptors (Lipinski definition) is 3. The summed E-state index contributed by atoms with van der Waals surface area (Å²) in [5.74, 6) is 1.22. The monoisotopic (exact) mass is 733 g/mol. The van der Waals surface area contributed by atoms with Crippen molar-refractivity contribution in [3.05, 3.63) is 120 Å². The van der Waals surface area contributed by atoms with Crippen LogP contribution in [0, 0.1) is 20.8 Å². The minimum atomic E-state index is -0.187. The molecule has 4 aromatic carbocycles. The summed E-state index contributed by atoms with van der Waals surface area (Å²) in [5, 5.41) is 33.7. The number of phenolic OH excluding ortho intramolecular Hbond substituents is 3. The molecule has 3 N–H and O–H groups in total. The lowest BCUT2D eigenvalue weighted by Gasteiger charge is -2.29. The first-order chi connectivity index (χ1) is 25.0. The van der Waals surface area contributed by atoms with Crippen LogP contribution in [0.25, 0.3) is 0 Å². The predicted molar refractivity (Wildman–Crippen MR) is 231 cm³/mol. The zero-order valence-electron chi connectivity index (χ0n) is 36.7. The lowest BCUT2D eigenvalue weighted by atomic mass is 9.75. The Labute approximate surface area is 329 Å². The Balaban J connectivity index is 2.16. The number of phenols is 3. The zero-order valence-corrected chi connectivity index (χ0v) is 36.7. The summed E-state index contributed by atoms with van der Waals surface area (Å²) in [6.45, 7) is 32.7. The Kier molecular flexibility index (Phi) is 13.2. The second-order valence-corrected chi connectivity index (χ2v) is 19.3. The molecule has 4 rings (SSSR count). The minimum Gasteiger partial charge on any atom is -0.507 e. The molecule has 54 heavy (non-hydrogen) atoms. The first-order valence-corrected chi connectivity index (χ1v) is 20.7. The van der Waals surface area contributed by atoms with Crippen LogP contribution in [0.15, 0.2) is 36.4 Å². The molecule has 0 spiro atoms. The van der Waals surface area contributed by atoms with Crippen LogP contribution in [0.4, 0.5) is 0 Å². The maximum absolute atomic E-state index is 11.2. The van der Waals surface area contributed by atoms with E-state index >= 15 is 0 Å². The van der Waals surface area contributed by atoms with E-state index in [0.29, 0.717) is 17.2 Å². The first kappa shape index (κ1) is 43.0. The normalized spacial score (nSPS) is 12.5. The van der Waals surface area contributed by atoms with Crippen molar-refractivity contribution in [3.63, 3.8) is 0 Å². The van der Waals surface area contributed by atoms with E-state index in [9.17, 15) is 15.3 Å². The molecule has 3 nitrogen and oxygen atoms in total. The second-order valence-electron chi connectivity index (χ2n) is 19.3. The highest BCUT2D eigenvalue weighted by atomic mass is 16.3. The van der Waals surface area contributed by atoms with E-state index in [2.05, 4.69) is 119 Å². The Morgan fingerprint density at radius 2 is 0.593 bits per heavy atom. The number of rotatable bonds is 12. The predicted octanol–water partition coefficient (Wildman–Crippen LogP) is 13.3. The standard InChI is InChI=1S/C51H72O3/c1-16-19-37-40(25-34-22-31(4)46(52)43(28-34)49(7,8)9)38(20-17-2)42(27-36-24-33(6)48(54)45(30-36)51(13,14)15)39(21-18-3)41(37)26-35-23-32(5)47(53)44(29-35)50(10,11)12/h22-24,28-30,52-54H,16-21,25-27H2,1-15H3. The van der Waals surface area contributed by atoms with Crippen molar-refractivity contribution in [2.45, 2.75) is 178 Å². The van der Waals surface area contributed by atoms with Crippen molar-refractivity contribution in [1.82, 2.24) is 0 Å². The molecule has 0 heterocycles. The summed E-state index contributed by atoms with van der Waals surface area (Å²) in [5.41, 5.74) is 17.8. The molecule has 0 aliphatic carbocycles. The third kappa shape index (κ3) is 9.38. The number of hydrogen-bond donors (Lipinski definition) is 3. The van der Waals surface area contributed by atoms with E-state index in [-0.39, 0.29) is 16.2 Å². The van der Waals surface area contributed by atoms with E-state index in [4.69, 9.17) is 0 Å². The lowest BCUT2D eigenvalue weighted by molar-refractivity contribution is 0.442. The fourth-order valence-electron chi connectivity index (χ4n) is 8.58. The average molecular weight is 733 g/mol. The van der Waals surface area contributed by atoms with Crippen LogP contribution in [0.1, 0.15) is 186 Å². The van der Waals surface area contributed by atoms with Crippen molar-refractivity contribution in [2.24, 2.45) is 0 Å². The molecule has 0 bridgehead atoms. The molecule has 0 aromatic heterocycles. The molecule has 294 valence electrons. The average Bonchev–Trinajstić information content (AvgIpc) is 3.05. The van der Waals surface area contributed by atoms with Gasteiger partial charge in [0.2, 0.25) is 0 Å². The van der Waals surface area contributed by atoms with Crippen molar-refractivity contribution < 1.29 is 15.3 Å². The topological polar surface area (TPSA) is 60.7 Å².